The summed E-state index contributed by atoms with van der Waals surface area (Å²) in [6.45, 7) is 1.75. The molecule has 0 aliphatic carbocycles. The van der Waals surface area contributed by atoms with Crippen LogP contribution in [0.4, 0.5) is 5.69 Å². The molecule has 0 aliphatic heterocycles. The fourth-order valence-corrected chi connectivity index (χ4v) is 2.20. The summed E-state index contributed by atoms with van der Waals surface area (Å²) >= 11 is 17.6. The SMILES string of the molecule is Cc1cc(Cl)c(Cl)cc1NC(=O)[C@@H](Br)[C@H](Br)C(=O)O. The second kappa shape index (κ2) is 6.92. The van der Waals surface area contributed by atoms with Gasteiger partial charge in [-0.3, -0.25) is 9.59 Å². The molecule has 0 unspecified atom stereocenters. The van der Waals surface area contributed by atoms with Gasteiger partial charge in [0.05, 0.1) is 10.0 Å². The quantitative estimate of drug-likeness (QED) is 0.709. The van der Waals surface area contributed by atoms with Crippen molar-refractivity contribution in [3.05, 3.63) is 27.7 Å². The summed E-state index contributed by atoms with van der Waals surface area (Å²) in [6.07, 6.45) is 0. The number of carboxylic acid groups (broad SMARTS) is 1. The molecule has 104 valence electrons. The Kier molecular flexibility index (Phi) is 6.11. The van der Waals surface area contributed by atoms with E-state index in [9.17, 15) is 9.59 Å². The van der Waals surface area contributed by atoms with Gasteiger partial charge in [0.2, 0.25) is 5.91 Å². The van der Waals surface area contributed by atoms with Crippen LogP contribution in [0.3, 0.4) is 0 Å². The number of hydrogen-bond acceptors (Lipinski definition) is 2. The molecule has 0 heterocycles. The van der Waals surface area contributed by atoms with Crippen LogP contribution in [-0.4, -0.2) is 26.6 Å². The molecule has 2 N–H and O–H groups in total. The minimum absolute atomic E-state index is 0.308. The maximum absolute atomic E-state index is 11.9. The predicted octanol–water partition coefficient (Wildman–Crippen LogP) is 3.85. The van der Waals surface area contributed by atoms with Gasteiger partial charge in [0.15, 0.2) is 0 Å². The van der Waals surface area contributed by atoms with Crippen molar-refractivity contribution in [1.29, 1.82) is 0 Å². The van der Waals surface area contributed by atoms with E-state index in [0.29, 0.717) is 15.7 Å². The molecule has 1 aromatic carbocycles. The Morgan fingerprint density at radius 1 is 1.21 bits per heavy atom. The first-order valence-corrected chi connectivity index (χ1v) is 7.60. The average molecular weight is 434 g/mol. The van der Waals surface area contributed by atoms with Crippen LogP contribution in [0.25, 0.3) is 0 Å². The third-order valence-electron chi connectivity index (χ3n) is 2.27. The van der Waals surface area contributed by atoms with Crippen LogP contribution in [0, 0.1) is 6.92 Å². The second-order valence-electron chi connectivity index (χ2n) is 3.71. The maximum Gasteiger partial charge on any atom is 0.318 e. The van der Waals surface area contributed by atoms with E-state index in [2.05, 4.69) is 37.2 Å². The lowest BCUT2D eigenvalue weighted by atomic mass is 10.2. The number of rotatable bonds is 4. The number of nitrogens with one attached hydrogen (secondary N) is 1. The minimum Gasteiger partial charge on any atom is -0.480 e. The molecular formula is C11H9Br2Cl2NO3. The van der Waals surface area contributed by atoms with Gasteiger partial charge in [0, 0.05) is 5.69 Å². The normalized spacial score (nSPS) is 13.7. The van der Waals surface area contributed by atoms with E-state index in [1.807, 2.05) is 0 Å². The third-order valence-corrected chi connectivity index (χ3v) is 5.56. The molecule has 0 aliphatic rings. The Hall–Kier alpha value is -0.300. The largest absolute Gasteiger partial charge is 0.480 e. The third kappa shape index (κ3) is 4.34. The molecule has 0 fully saturated rings. The Balaban J connectivity index is 2.88. The summed E-state index contributed by atoms with van der Waals surface area (Å²) in [5.74, 6) is -1.63. The summed E-state index contributed by atoms with van der Waals surface area (Å²) in [6, 6.07) is 3.13. The van der Waals surface area contributed by atoms with Crippen LogP contribution in [0.1, 0.15) is 5.56 Å². The van der Waals surface area contributed by atoms with E-state index >= 15 is 0 Å². The molecule has 0 saturated heterocycles. The second-order valence-corrected chi connectivity index (χ2v) is 6.50. The van der Waals surface area contributed by atoms with E-state index in [-0.39, 0.29) is 0 Å². The molecule has 0 radical (unpaired) electrons. The van der Waals surface area contributed by atoms with Crippen LogP contribution >= 0.6 is 55.1 Å². The molecule has 1 aromatic rings. The lowest BCUT2D eigenvalue weighted by molar-refractivity contribution is -0.137. The smallest absolute Gasteiger partial charge is 0.318 e. The number of benzene rings is 1. The number of carboxylic acids is 1. The van der Waals surface area contributed by atoms with Crippen LogP contribution in [0.2, 0.25) is 10.0 Å². The molecule has 0 spiro atoms. The molecule has 8 heteroatoms. The predicted molar refractivity (Wildman–Crippen MR) is 82.9 cm³/mol. The number of anilines is 1. The standard InChI is InChI=1S/C11H9Br2Cl2NO3/c1-4-2-5(14)6(15)3-7(4)16-10(17)8(12)9(13)11(18)19/h2-3,8-9H,1H3,(H,16,17)(H,18,19)/t8-,9-/m0/s1. The number of alkyl halides is 2. The summed E-state index contributed by atoms with van der Waals surface area (Å²) in [4.78, 5) is 20.7. The van der Waals surface area contributed by atoms with Gasteiger partial charge in [-0.1, -0.05) is 55.1 Å². The number of amides is 1. The van der Waals surface area contributed by atoms with E-state index in [0.717, 1.165) is 5.56 Å². The van der Waals surface area contributed by atoms with E-state index in [1.54, 1.807) is 13.0 Å². The zero-order valence-corrected chi connectivity index (χ0v) is 14.3. The zero-order valence-electron chi connectivity index (χ0n) is 9.58. The molecule has 4 nitrogen and oxygen atoms in total. The molecule has 0 saturated carbocycles. The van der Waals surface area contributed by atoms with Gasteiger partial charge < -0.3 is 10.4 Å². The van der Waals surface area contributed by atoms with Gasteiger partial charge in [0.1, 0.15) is 9.65 Å². The van der Waals surface area contributed by atoms with Crippen molar-refractivity contribution < 1.29 is 14.7 Å². The average Bonchev–Trinajstić information content (AvgIpc) is 2.33. The molecule has 1 rings (SSSR count). The first-order valence-electron chi connectivity index (χ1n) is 5.01. The van der Waals surface area contributed by atoms with E-state index in [4.69, 9.17) is 28.3 Å². The van der Waals surface area contributed by atoms with E-state index < -0.39 is 21.5 Å². The van der Waals surface area contributed by atoms with Crippen molar-refractivity contribution in [3.8, 4) is 0 Å². The van der Waals surface area contributed by atoms with Gasteiger partial charge in [-0.2, -0.15) is 0 Å². The number of carbonyl (C=O) groups excluding carboxylic acids is 1. The molecule has 19 heavy (non-hydrogen) atoms. The van der Waals surface area contributed by atoms with Crippen LogP contribution in [-0.2, 0) is 9.59 Å². The van der Waals surface area contributed by atoms with Crippen molar-refractivity contribution in [2.24, 2.45) is 0 Å². The van der Waals surface area contributed by atoms with Crippen molar-refractivity contribution in [3.63, 3.8) is 0 Å². The number of aryl methyl sites for hydroxylation is 1. The highest BCUT2D eigenvalue weighted by Gasteiger charge is 2.29. The van der Waals surface area contributed by atoms with Crippen molar-refractivity contribution in [1.82, 2.24) is 0 Å². The van der Waals surface area contributed by atoms with Gasteiger partial charge in [-0.25, -0.2) is 0 Å². The summed E-state index contributed by atoms with van der Waals surface area (Å²) < 4.78 is 0. The Morgan fingerprint density at radius 3 is 2.26 bits per heavy atom. The molecule has 1 amide bonds. The van der Waals surface area contributed by atoms with E-state index in [1.165, 1.54) is 6.07 Å². The summed E-state index contributed by atoms with van der Waals surface area (Å²) in [5.41, 5.74) is 1.21. The van der Waals surface area contributed by atoms with Gasteiger partial charge in [-0.15, -0.1) is 0 Å². The highest BCUT2D eigenvalue weighted by molar-refractivity contribution is 9.12. The Morgan fingerprint density at radius 2 is 1.74 bits per heavy atom. The Labute approximate surface area is 136 Å². The maximum atomic E-state index is 11.9. The van der Waals surface area contributed by atoms with Gasteiger partial charge >= 0.3 is 5.97 Å². The fraction of sp³-hybridized carbons (Fsp3) is 0.273. The first kappa shape index (κ1) is 16.8. The Bertz CT molecular complexity index is 525. The zero-order chi connectivity index (χ0) is 14.7. The van der Waals surface area contributed by atoms with Crippen molar-refractivity contribution >= 4 is 72.6 Å². The fourth-order valence-electron chi connectivity index (χ4n) is 1.24. The van der Waals surface area contributed by atoms with Crippen LogP contribution in [0.15, 0.2) is 12.1 Å². The number of aliphatic carboxylic acids is 1. The topological polar surface area (TPSA) is 66.4 Å². The van der Waals surface area contributed by atoms with Gasteiger partial charge in [-0.05, 0) is 24.6 Å². The van der Waals surface area contributed by atoms with Crippen LogP contribution in [0.5, 0.6) is 0 Å². The minimum atomic E-state index is -1.14. The molecule has 0 bridgehead atoms. The molecule has 2 atom stereocenters. The van der Waals surface area contributed by atoms with Crippen molar-refractivity contribution in [2.75, 3.05) is 5.32 Å². The molecule has 0 aromatic heterocycles. The number of hydrogen-bond donors (Lipinski definition) is 2. The lowest BCUT2D eigenvalue weighted by Crippen LogP contribution is -2.34. The van der Waals surface area contributed by atoms with Crippen LogP contribution < -0.4 is 5.32 Å². The van der Waals surface area contributed by atoms with Gasteiger partial charge in [0.25, 0.3) is 0 Å². The molecular weight excluding hydrogens is 425 g/mol. The number of halogens is 4. The highest BCUT2D eigenvalue weighted by atomic mass is 79.9. The first-order chi connectivity index (χ1) is 8.73. The number of carbonyl (C=O) groups is 2. The monoisotopic (exact) mass is 431 g/mol. The highest BCUT2D eigenvalue weighted by Crippen LogP contribution is 2.29. The summed E-state index contributed by atoms with van der Waals surface area (Å²) in [5, 5.41) is 12.1. The van der Waals surface area contributed by atoms with Crippen molar-refractivity contribution in [2.45, 2.75) is 16.6 Å². The summed E-state index contributed by atoms with van der Waals surface area (Å²) in [7, 11) is 0. The lowest BCUT2D eigenvalue weighted by Gasteiger charge is -2.15.